The van der Waals surface area contributed by atoms with Crippen LogP contribution in [-0.2, 0) is 31.5 Å². The van der Waals surface area contributed by atoms with Crippen molar-refractivity contribution in [2.24, 2.45) is 0 Å². The molecule has 3 rings (SSSR count). The SMILES string of the molecule is CCc1nnc(C(=O)C(CC)NC(=O)C(CS(=O)(=O)Cc2ccccc2)NC(=O)N2CCOCC2)o1. The van der Waals surface area contributed by atoms with Gasteiger partial charge in [0.15, 0.2) is 9.84 Å². The third-order valence-electron chi connectivity index (χ3n) is 5.58. The maximum absolute atomic E-state index is 13.2. The van der Waals surface area contributed by atoms with E-state index in [0.717, 1.165) is 0 Å². The Morgan fingerprint density at radius 2 is 1.72 bits per heavy atom. The zero-order chi connectivity index (χ0) is 26.1. The molecular weight excluding hydrogens is 490 g/mol. The van der Waals surface area contributed by atoms with E-state index in [9.17, 15) is 22.8 Å². The number of hydrogen-bond acceptors (Lipinski definition) is 9. The molecule has 1 aliphatic rings. The molecule has 1 fully saturated rings. The first-order valence-corrected chi connectivity index (χ1v) is 13.6. The number of benzene rings is 1. The maximum Gasteiger partial charge on any atom is 0.318 e. The van der Waals surface area contributed by atoms with E-state index >= 15 is 0 Å². The van der Waals surface area contributed by atoms with Crippen LogP contribution in [0.2, 0.25) is 0 Å². The standard InChI is InChI=1S/C23H31N5O7S/c1-3-17(20(29)22-27-26-19(4-2)35-22)24-21(30)18(25-23(31)28-10-12-34-13-11-28)15-36(32,33)14-16-8-6-5-7-9-16/h5-9,17-18H,3-4,10-15H2,1-2H3,(H,24,30)(H,25,31). The fourth-order valence-electron chi connectivity index (χ4n) is 3.60. The summed E-state index contributed by atoms with van der Waals surface area (Å²) in [5.41, 5.74) is 0.556. The lowest BCUT2D eigenvalue weighted by Crippen LogP contribution is -2.57. The third-order valence-corrected chi connectivity index (χ3v) is 7.20. The van der Waals surface area contributed by atoms with Crippen molar-refractivity contribution in [1.82, 2.24) is 25.7 Å². The average Bonchev–Trinajstić information content (AvgIpc) is 3.36. The van der Waals surface area contributed by atoms with E-state index in [-0.39, 0.29) is 24.0 Å². The molecule has 0 bridgehead atoms. The van der Waals surface area contributed by atoms with Gasteiger partial charge in [0.05, 0.1) is 30.8 Å². The Bertz CT molecular complexity index is 1150. The highest BCUT2D eigenvalue weighted by Gasteiger charge is 2.33. The van der Waals surface area contributed by atoms with Gasteiger partial charge in [-0.05, 0) is 12.0 Å². The van der Waals surface area contributed by atoms with Crippen LogP contribution in [0.4, 0.5) is 4.79 Å². The smallest absolute Gasteiger partial charge is 0.318 e. The Hall–Kier alpha value is -3.32. The van der Waals surface area contributed by atoms with Gasteiger partial charge < -0.3 is 24.7 Å². The summed E-state index contributed by atoms with van der Waals surface area (Å²) in [6.07, 6.45) is 0.633. The minimum absolute atomic E-state index is 0.190. The Kier molecular flexibility index (Phi) is 9.53. The predicted octanol–water partition coefficient (Wildman–Crippen LogP) is 0.735. The monoisotopic (exact) mass is 521 g/mol. The van der Waals surface area contributed by atoms with Gasteiger partial charge in [-0.15, -0.1) is 10.2 Å². The van der Waals surface area contributed by atoms with Gasteiger partial charge in [-0.3, -0.25) is 9.59 Å². The van der Waals surface area contributed by atoms with Crippen molar-refractivity contribution < 1.29 is 32.0 Å². The first-order valence-electron chi connectivity index (χ1n) is 11.8. The number of sulfone groups is 1. The minimum atomic E-state index is -3.81. The number of hydrogen-bond donors (Lipinski definition) is 2. The molecule has 0 aliphatic carbocycles. The second-order valence-electron chi connectivity index (χ2n) is 8.33. The summed E-state index contributed by atoms with van der Waals surface area (Å²) in [5, 5.41) is 12.6. The number of aromatic nitrogens is 2. The molecule has 0 saturated carbocycles. The number of urea groups is 1. The van der Waals surface area contributed by atoms with Gasteiger partial charge in [0.25, 0.3) is 5.89 Å². The number of amides is 3. The highest BCUT2D eigenvalue weighted by atomic mass is 32.2. The van der Waals surface area contributed by atoms with Crippen molar-refractivity contribution in [2.75, 3.05) is 32.1 Å². The van der Waals surface area contributed by atoms with Crippen molar-refractivity contribution in [3.05, 3.63) is 47.7 Å². The lowest BCUT2D eigenvalue weighted by molar-refractivity contribution is -0.123. The summed E-state index contributed by atoms with van der Waals surface area (Å²) in [4.78, 5) is 40.3. The van der Waals surface area contributed by atoms with Crippen molar-refractivity contribution in [2.45, 2.75) is 44.5 Å². The number of ether oxygens (including phenoxy) is 1. The summed E-state index contributed by atoms with van der Waals surface area (Å²) in [5.74, 6) is -2.31. The largest absolute Gasteiger partial charge is 0.418 e. The number of carbonyl (C=O) groups excluding carboxylic acids is 3. The summed E-state index contributed by atoms with van der Waals surface area (Å²) < 4.78 is 36.5. The molecule has 2 heterocycles. The molecule has 3 amide bonds. The molecule has 2 aromatic rings. The van der Waals surface area contributed by atoms with Crippen molar-refractivity contribution in [3.8, 4) is 0 Å². The molecule has 1 aromatic carbocycles. The Morgan fingerprint density at radius 3 is 2.33 bits per heavy atom. The van der Waals surface area contributed by atoms with Crippen LogP contribution in [0, 0.1) is 0 Å². The van der Waals surface area contributed by atoms with Crippen LogP contribution < -0.4 is 10.6 Å². The normalized spacial score (nSPS) is 15.7. The molecule has 1 saturated heterocycles. The van der Waals surface area contributed by atoms with E-state index in [1.165, 1.54) is 4.90 Å². The van der Waals surface area contributed by atoms with Gasteiger partial charge in [-0.1, -0.05) is 44.2 Å². The van der Waals surface area contributed by atoms with Gasteiger partial charge in [0.2, 0.25) is 17.6 Å². The molecule has 2 N–H and O–H groups in total. The highest BCUT2D eigenvalue weighted by Crippen LogP contribution is 2.11. The minimum Gasteiger partial charge on any atom is -0.418 e. The van der Waals surface area contributed by atoms with E-state index in [1.54, 1.807) is 44.2 Å². The topological polar surface area (TPSA) is 161 Å². The van der Waals surface area contributed by atoms with E-state index in [4.69, 9.17) is 9.15 Å². The quantitative estimate of drug-likeness (QED) is 0.406. The molecule has 0 spiro atoms. The van der Waals surface area contributed by atoms with E-state index in [0.29, 0.717) is 38.3 Å². The number of morpholine rings is 1. The summed E-state index contributed by atoms with van der Waals surface area (Å²) in [6.45, 7) is 4.76. The Morgan fingerprint density at radius 1 is 1.03 bits per heavy atom. The van der Waals surface area contributed by atoms with Crippen LogP contribution in [-0.4, -0.2) is 85.4 Å². The number of nitrogens with zero attached hydrogens (tertiary/aromatic N) is 3. The number of aryl methyl sites for hydroxylation is 1. The van der Waals surface area contributed by atoms with Crippen molar-refractivity contribution in [1.29, 1.82) is 0 Å². The van der Waals surface area contributed by atoms with Gasteiger partial charge in [-0.25, -0.2) is 13.2 Å². The molecule has 2 unspecified atom stereocenters. The number of rotatable bonds is 11. The van der Waals surface area contributed by atoms with Crippen LogP contribution in [0.15, 0.2) is 34.7 Å². The van der Waals surface area contributed by atoms with Gasteiger partial charge in [0, 0.05) is 19.5 Å². The van der Waals surface area contributed by atoms with Crippen LogP contribution >= 0.6 is 0 Å². The van der Waals surface area contributed by atoms with Gasteiger partial charge in [-0.2, -0.15) is 0 Å². The summed E-state index contributed by atoms with van der Waals surface area (Å²) in [7, 11) is -3.81. The van der Waals surface area contributed by atoms with Crippen molar-refractivity contribution >= 4 is 27.6 Å². The molecule has 13 heteroatoms. The summed E-state index contributed by atoms with van der Waals surface area (Å²) in [6, 6.07) is 5.48. The van der Waals surface area contributed by atoms with Crippen LogP contribution in [0.1, 0.15) is 42.4 Å². The maximum atomic E-state index is 13.2. The van der Waals surface area contributed by atoms with Crippen LogP contribution in [0.3, 0.4) is 0 Å². The van der Waals surface area contributed by atoms with Gasteiger partial charge in [0.1, 0.15) is 6.04 Å². The molecule has 196 valence electrons. The molecule has 0 radical (unpaired) electrons. The number of Topliss-reactive ketones (excluding diaryl/α,β-unsaturated/α-hetero) is 1. The molecule has 12 nitrogen and oxygen atoms in total. The molecule has 36 heavy (non-hydrogen) atoms. The number of ketones is 1. The second kappa shape index (κ2) is 12.6. The average molecular weight is 522 g/mol. The van der Waals surface area contributed by atoms with Crippen LogP contribution in [0.5, 0.6) is 0 Å². The van der Waals surface area contributed by atoms with E-state index in [2.05, 4.69) is 20.8 Å². The zero-order valence-corrected chi connectivity index (χ0v) is 21.1. The fraction of sp³-hybridized carbons (Fsp3) is 0.522. The van der Waals surface area contributed by atoms with E-state index in [1.807, 2.05) is 0 Å². The fourth-order valence-corrected chi connectivity index (χ4v) is 5.16. The molecule has 1 aromatic heterocycles. The first-order chi connectivity index (χ1) is 17.2. The third kappa shape index (κ3) is 7.59. The Labute approximate surface area is 209 Å². The summed E-state index contributed by atoms with van der Waals surface area (Å²) >= 11 is 0. The number of carbonyl (C=O) groups is 3. The lowest BCUT2D eigenvalue weighted by atomic mass is 10.1. The second-order valence-corrected chi connectivity index (χ2v) is 10.4. The van der Waals surface area contributed by atoms with Crippen molar-refractivity contribution in [3.63, 3.8) is 0 Å². The van der Waals surface area contributed by atoms with E-state index < -0.39 is 45.4 Å². The predicted molar refractivity (Wildman–Crippen MR) is 129 cm³/mol. The lowest BCUT2D eigenvalue weighted by Gasteiger charge is -2.29. The van der Waals surface area contributed by atoms with Gasteiger partial charge >= 0.3 is 6.03 Å². The molecule has 2 atom stereocenters. The first kappa shape index (κ1) is 27.3. The number of nitrogens with one attached hydrogen (secondary N) is 2. The molecular formula is C23H31N5O7S. The highest BCUT2D eigenvalue weighted by molar-refractivity contribution is 7.90. The van der Waals surface area contributed by atoms with Crippen LogP contribution in [0.25, 0.3) is 0 Å². The molecule has 1 aliphatic heterocycles. The zero-order valence-electron chi connectivity index (χ0n) is 20.3. The Balaban J connectivity index is 1.76.